The minimum atomic E-state index is -4.00. The molecule has 1 fully saturated rings. The molecule has 2 aromatic carbocycles. The number of rotatable bonds is 8. The zero-order valence-corrected chi connectivity index (χ0v) is 21.3. The number of halogens is 1. The van der Waals surface area contributed by atoms with Crippen LogP contribution in [0.1, 0.15) is 44.2 Å². The van der Waals surface area contributed by atoms with Gasteiger partial charge >= 0.3 is 5.97 Å². The second-order valence-electron chi connectivity index (χ2n) is 9.32. The molecule has 0 radical (unpaired) electrons. The molecule has 0 unspecified atom stereocenters. The SMILES string of the molecule is COC(=O)CCc1ccc(CN([C@@H]2CC(C)(C)CCNC2=O)S(=O)(=O)c2ccc(Cl)cc2)cc1. The number of carbonyl (C=O) groups is 2. The number of carbonyl (C=O) groups excluding carboxylic acids is 2. The summed E-state index contributed by atoms with van der Waals surface area (Å²) in [7, 11) is -2.64. The molecule has 1 aliphatic rings. The van der Waals surface area contributed by atoms with Crippen molar-refractivity contribution in [1.82, 2.24) is 9.62 Å². The summed E-state index contributed by atoms with van der Waals surface area (Å²) in [6.45, 7) is 4.63. The molecule has 1 atom stereocenters. The van der Waals surface area contributed by atoms with Gasteiger partial charge in [0, 0.05) is 24.5 Å². The third kappa shape index (κ3) is 6.58. The molecule has 3 rings (SSSR count). The van der Waals surface area contributed by atoms with Gasteiger partial charge in [0.1, 0.15) is 6.04 Å². The van der Waals surface area contributed by atoms with Crippen molar-refractivity contribution < 1.29 is 22.7 Å². The number of nitrogens with zero attached hydrogens (tertiary/aromatic N) is 1. The number of ether oxygens (including phenoxy) is 1. The average molecular weight is 507 g/mol. The molecule has 1 aliphatic heterocycles. The predicted octanol–water partition coefficient (Wildman–Crippen LogP) is 3.94. The number of amides is 1. The first-order valence-corrected chi connectivity index (χ1v) is 13.0. The van der Waals surface area contributed by atoms with Crippen LogP contribution in [0.5, 0.6) is 0 Å². The third-order valence-electron chi connectivity index (χ3n) is 6.12. The normalized spacial score (nSPS) is 18.3. The Hall–Kier alpha value is -2.42. The highest BCUT2D eigenvalue weighted by atomic mass is 35.5. The van der Waals surface area contributed by atoms with Crippen LogP contribution in [-0.2, 0) is 37.3 Å². The van der Waals surface area contributed by atoms with Crippen molar-refractivity contribution in [3.8, 4) is 0 Å². The summed E-state index contributed by atoms with van der Waals surface area (Å²) in [5.74, 6) is -0.580. The van der Waals surface area contributed by atoms with E-state index in [1.165, 1.54) is 35.7 Å². The fourth-order valence-electron chi connectivity index (χ4n) is 4.04. The van der Waals surface area contributed by atoms with E-state index in [0.717, 1.165) is 17.5 Å². The Morgan fingerprint density at radius 2 is 1.74 bits per heavy atom. The van der Waals surface area contributed by atoms with Crippen LogP contribution in [0.4, 0.5) is 0 Å². The van der Waals surface area contributed by atoms with Crippen LogP contribution in [0.2, 0.25) is 5.02 Å². The van der Waals surface area contributed by atoms with Crippen molar-refractivity contribution in [3.05, 3.63) is 64.7 Å². The molecule has 1 amide bonds. The van der Waals surface area contributed by atoms with Crippen LogP contribution in [0.15, 0.2) is 53.4 Å². The summed E-state index contributed by atoms with van der Waals surface area (Å²) < 4.78 is 33.5. The number of sulfonamides is 1. The highest BCUT2D eigenvalue weighted by Crippen LogP contribution is 2.33. The number of nitrogens with one attached hydrogen (secondary N) is 1. The lowest BCUT2D eigenvalue weighted by atomic mass is 9.83. The molecule has 2 aromatic rings. The van der Waals surface area contributed by atoms with E-state index in [2.05, 4.69) is 10.1 Å². The summed E-state index contributed by atoms with van der Waals surface area (Å²) in [6.07, 6.45) is 1.96. The Morgan fingerprint density at radius 3 is 2.35 bits per heavy atom. The number of methoxy groups -OCH3 is 1. The Kier molecular flexibility index (Phi) is 8.38. The Balaban J connectivity index is 1.94. The lowest BCUT2D eigenvalue weighted by Gasteiger charge is -2.33. The first-order valence-electron chi connectivity index (χ1n) is 11.2. The number of hydrogen-bond donors (Lipinski definition) is 1. The van der Waals surface area contributed by atoms with Crippen molar-refractivity contribution in [2.75, 3.05) is 13.7 Å². The maximum Gasteiger partial charge on any atom is 0.305 e. The maximum absolute atomic E-state index is 13.7. The topological polar surface area (TPSA) is 92.8 Å². The van der Waals surface area contributed by atoms with E-state index < -0.39 is 16.1 Å². The largest absolute Gasteiger partial charge is 0.469 e. The highest BCUT2D eigenvalue weighted by Gasteiger charge is 2.40. The summed E-state index contributed by atoms with van der Waals surface area (Å²) in [5.41, 5.74) is 1.47. The number of hydrogen-bond acceptors (Lipinski definition) is 5. The molecule has 1 saturated heterocycles. The molecule has 1 heterocycles. The Labute approximate surface area is 206 Å². The number of benzene rings is 2. The fraction of sp³-hybridized carbons (Fsp3) is 0.440. The Morgan fingerprint density at radius 1 is 1.12 bits per heavy atom. The van der Waals surface area contributed by atoms with Gasteiger partial charge in [-0.15, -0.1) is 0 Å². The molecule has 0 bridgehead atoms. The zero-order valence-electron chi connectivity index (χ0n) is 19.7. The molecule has 7 nitrogen and oxygen atoms in total. The van der Waals surface area contributed by atoms with Crippen LogP contribution in [0, 0.1) is 5.41 Å². The second kappa shape index (κ2) is 10.9. The van der Waals surface area contributed by atoms with Crippen LogP contribution < -0.4 is 5.32 Å². The van der Waals surface area contributed by atoms with E-state index in [1.807, 2.05) is 38.1 Å². The van der Waals surface area contributed by atoms with Crippen LogP contribution in [0.3, 0.4) is 0 Å². The maximum atomic E-state index is 13.7. The molecule has 34 heavy (non-hydrogen) atoms. The molecular formula is C25H31ClN2O5S. The van der Waals surface area contributed by atoms with E-state index in [-0.39, 0.29) is 35.2 Å². The smallest absolute Gasteiger partial charge is 0.305 e. The van der Waals surface area contributed by atoms with Gasteiger partial charge in [0.2, 0.25) is 15.9 Å². The average Bonchev–Trinajstić information content (AvgIpc) is 2.93. The summed E-state index contributed by atoms with van der Waals surface area (Å²) in [6, 6.07) is 12.5. The minimum absolute atomic E-state index is 0.0381. The number of esters is 1. The molecule has 1 N–H and O–H groups in total. The van der Waals surface area contributed by atoms with Gasteiger partial charge in [-0.2, -0.15) is 4.31 Å². The molecular weight excluding hydrogens is 476 g/mol. The van der Waals surface area contributed by atoms with Crippen molar-refractivity contribution in [2.45, 2.75) is 57.0 Å². The van der Waals surface area contributed by atoms with Gasteiger partial charge in [-0.1, -0.05) is 49.7 Å². The lowest BCUT2D eigenvalue weighted by Crippen LogP contribution is -2.49. The second-order valence-corrected chi connectivity index (χ2v) is 11.6. The monoisotopic (exact) mass is 506 g/mol. The molecule has 0 saturated carbocycles. The molecule has 184 valence electrons. The molecule has 0 spiro atoms. The van der Waals surface area contributed by atoms with Crippen LogP contribution in [-0.4, -0.2) is 44.3 Å². The van der Waals surface area contributed by atoms with E-state index in [0.29, 0.717) is 24.4 Å². The number of aryl methyl sites for hydroxylation is 1. The lowest BCUT2D eigenvalue weighted by molar-refractivity contribution is -0.140. The van der Waals surface area contributed by atoms with Crippen molar-refractivity contribution in [2.24, 2.45) is 5.41 Å². The standard InChI is InChI=1S/C25H31ClN2O5S/c1-25(2)14-15-27-24(30)22(16-25)28(34(31,32)21-11-9-20(26)10-12-21)17-19-6-4-18(5-7-19)8-13-23(29)33-3/h4-7,9-12,22H,8,13-17H2,1-3H3,(H,27,30)/t22-/m1/s1. The predicted molar refractivity (Wildman–Crippen MR) is 131 cm³/mol. The molecule has 0 aliphatic carbocycles. The van der Waals surface area contributed by atoms with Crippen molar-refractivity contribution >= 4 is 33.5 Å². The van der Waals surface area contributed by atoms with E-state index >= 15 is 0 Å². The van der Waals surface area contributed by atoms with Gasteiger partial charge in [-0.05, 0) is 60.1 Å². The third-order valence-corrected chi connectivity index (χ3v) is 8.25. The van der Waals surface area contributed by atoms with Crippen molar-refractivity contribution in [1.29, 1.82) is 0 Å². The van der Waals surface area contributed by atoms with Crippen LogP contribution >= 0.6 is 11.6 Å². The van der Waals surface area contributed by atoms with E-state index in [4.69, 9.17) is 11.6 Å². The summed E-state index contributed by atoms with van der Waals surface area (Å²) >= 11 is 5.97. The van der Waals surface area contributed by atoms with E-state index in [1.54, 1.807) is 0 Å². The zero-order chi connectivity index (χ0) is 24.9. The molecule has 0 aromatic heterocycles. The summed E-state index contributed by atoms with van der Waals surface area (Å²) in [5, 5.41) is 3.31. The van der Waals surface area contributed by atoms with Gasteiger partial charge in [0.25, 0.3) is 0 Å². The van der Waals surface area contributed by atoms with Gasteiger partial charge in [0.15, 0.2) is 0 Å². The van der Waals surface area contributed by atoms with E-state index in [9.17, 15) is 18.0 Å². The van der Waals surface area contributed by atoms with Crippen molar-refractivity contribution in [3.63, 3.8) is 0 Å². The first-order chi connectivity index (χ1) is 16.0. The fourth-order valence-corrected chi connectivity index (χ4v) is 5.74. The summed E-state index contributed by atoms with van der Waals surface area (Å²) in [4.78, 5) is 24.5. The highest BCUT2D eigenvalue weighted by molar-refractivity contribution is 7.89. The molecule has 9 heteroatoms. The van der Waals surface area contributed by atoms with Gasteiger partial charge in [0.05, 0.1) is 12.0 Å². The minimum Gasteiger partial charge on any atom is -0.469 e. The van der Waals surface area contributed by atoms with Gasteiger partial charge < -0.3 is 10.1 Å². The van der Waals surface area contributed by atoms with Crippen LogP contribution in [0.25, 0.3) is 0 Å². The first kappa shape index (κ1) is 26.2. The van der Waals surface area contributed by atoms with Gasteiger partial charge in [-0.3, -0.25) is 9.59 Å². The Bertz CT molecular complexity index is 1110. The van der Waals surface area contributed by atoms with Gasteiger partial charge in [-0.25, -0.2) is 8.42 Å². The quantitative estimate of drug-likeness (QED) is 0.547.